The molecule has 1 aliphatic heterocycles. The van der Waals surface area contributed by atoms with Crippen molar-refractivity contribution in [3.05, 3.63) is 28.8 Å². The monoisotopic (exact) mass is 264 g/mol. The Hall–Kier alpha value is -1.06. The standard InChI is InChI=1S/C16H24O3/c1-5-13-10-16(17,8-9-19-13)14-7-6-11(2)12(3)15(14)18-4/h6-7,13,17H,5,8-10H2,1-4H3. The van der Waals surface area contributed by atoms with Crippen molar-refractivity contribution in [1.82, 2.24) is 0 Å². The zero-order chi connectivity index (χ0) is 14.0. The molecule has 1 fully saturated rings. The second-order valence-corrected chi connectivity index (χ2v) is 5.48. The Balaban J connectivity index is 2.42. The highest BCUT2D eigenvalue weighted by Crippen LogP contribution is 2.41. The van der Waals surface area contributed by atoms with E-state index in [4.69, 9.17) is 9.47 Å². The lowest BCUT2D eigenvalue weighted by Crippen LogP contribution is -2.38. The highest BCUT2D eigenvalue weighted by atomic mass is 16.5. The van der Waals surface area contributed by atoms with Crippen LogP contribution in [0.4, 0.5) is 0 Å². The Morgan fingerprint density at radius 3 is 2.79 bits per heavy atom. The van der Waals surface area contributed by atoms with Gasteiger partial charge >= 0.3 is 0 Å². The van der Waals surface area contributed by atoms with Crippen molar-refractivity contribution < 1.29 is 14.6 Å². The first-order valence-electron chi connectivity index (χ1n) is 7.00. The van der Waals surface area contributed by atoms with E-state index in [1.54, 1.807) is 7.11 Å². The van der Waals surface area contributed by atoms with Gasteiger partial charge in [-0.2, -0.15) is 0 Å². The summed E-state index contributed by atoms with van der Waals surface area (Å²) >= 11 is 0. The van der Waals surface area contributed by atoms with Crippen molar-refractivity contribution in [3.63, 3.8) is 0 Å². The van der Waals surface area contributed by atoms with E-state index in [-0.39, 0.29) is 6.10 Å². The third-order valence-corrected chi connectivity index (χ3v) is 4.27. The minimum Gasteiger partial charge on any atom is -0.496 e. The van der Waals surface area contributed by atoms with Crippen LogP contribution in [0.5, 0.6) is 5.75 Å². The average Bonchev–Trinajstić information content (AvgIpc) is 2.41. The van der Waals surface area contributed by atoms with Crippen LogP contribution in [-0.4, -0.2) is 24.9 Å². The Bertz CT molecular complexity index is 456. The van der Waals surface area contributed by atoms with Gasteiger partial charge in [0.15, 0.2) is 0 Å². The summed E-state index contributed by atoms with van der Waals surface area (Å²) < 4.78 is 11.2. The topological polar surface area (TPSA) is 38.7 Å². The molecular formula is C16H24O3. The van der Waals surface area contributed by atoms with Gasteiger partial charge in [-0.15, -0.1) is 0 Å². The second kappa shape index (κ2) is 5.51. The smallest absolute Gasteiger partial charge is 0.128 e. The fourth-order valence-electron chi connectivity index (χ4n) is 2.86. The molecule has 1 heterocycles. The number of aryl methyl sites for hydroxylation is 1. The first-order valence-corrected chi connectivity index (χ1v) is 7.00. The largest absolute Gasteiger partial charge is 0.496 e. The van der Waals surface area contributed by atoms with E-state index in [0.29, 0.717) is 19.4 Å². The van der Waals surface area contributed by atoms with Gasteiger partial charge in [0.25, 0.3) is 0 Å². The van der Waals surface area contributed by atoms with Crippen molar-refractivity contribution in [2.24, 2.45) is 0 Å². The molecule has 0 radical (unpaired) electrons. The quantitative estimate of drug-likeness (QED) is 0.911. The predicted molar refractivity (Wildman–Crippen MR) is 75.6 cm³/mol. The van der Waals surface area contributed by atoms with Gasteiger partial charge in [0.1, 0.15) is 5.75 Å². The molecule has 3 nitrogen and oxygen atoms in total. The molecule has 1 aliphatic rings. The molecule has 19 heavy (non-hydrogen) atoms. The van der Waals surface area contributed by atoms with Gasteiger partial charge < -0.3 is 14.6 Å². The molecule has 0 saturated carbocycles. The molecule has 2 atom stereocenters. The third-order valence-electron chi connectivity index (χ3n) is 4.27. The summed E-state index contributed by atoms with van der Waals surface area (Å²) in [5, 5.41) is 11.0. The number of hydrogen-bond donors (Lipinski definition) is 1. The van der Waals surface area contributed by atoms with E-state index in [2.05, 4.69) is 19.9 Å². The molecule has 0 spiro atoms. The molecule has 2 unspecified atom stereocenters. The first-order chi connectivity index (χ1) is 9.01. The average molecular weight is 264 g/mol. The maximum Gasteiger partial charge on any atom is 0.128 e. The van der Waals surface area contributed by atoms with Crippen molar-refractivity contribution in [2.45, 2.75) is 51.7 Å². The Kier molecular flexibility index (Phi) is 4.16. The SMILES string of the molecule is CCC1CC(O)(c2ccc(C)c(C)c2OC)CCO1. The van der Waals surface area contributed by atoms with E-state index < -0.39 is 5.60 Å². The Morgan fingerprint density at radius 1 is 1.42 bits per heavy atom. The summed E-state index contributed by atoms with van der Waals surface area (Å²) in [6.45, 7) is 6.79. The fourth-order valence-corrected chi connectivity index (χ4v) is 2.86. The molecule has 1 aromatic carbocycles. The minimum absolute atomic E-state index is 0.130. The zero-order valence-electron chi connectivity index (χ0n) is 12.3. The van der Waals surface area contributed by atoms with E-state index in [0.717, 1.165) is 23.3 Å². The molecule has 1 aromatic rings. The maximum absolute atomic E-state index is 11.0. The van der Waals surface area contributed by atoms with E-state index in [1.165, 1.54) is 5.56 Å². The van der Waals surface area contributed by atoms with Gasteiger partial charge in [0, 0.05) is 18.4 Å². The van der Waals surface area contributed by atoms with Crippen LogP contribution < -0.4 is 4.74 Å². The molecule has 0 aromatic heterocycles. The highest BCUT2D eigenvalue weighted by Gasteiger charge is 2.38. The van der Waals surface area contributed by atoms with E-state index in [9.17, 15) is 5.11 Å². The van der Waals surface area contributed by atoms with Crippen molar-refractivity contribution in [3.8, 4) is 5.75 Å². The first kappa shape index (κ1) is 14.4. The summed E-state index contributed by atoms with van der Waals surface area (Å²) in [6.07, 6.45) is 2.32. The molecule has 3 heteroatoms. The Labute approximate surface area is 115 Å². The minimum atomic E-state index is -0.831. The molecule has 0 aliphatic carbocycles. The lowest BCUT2D eigenvalue weighted by Gasteiger charge is -2.38. The molecular weight excluding hydrogens is 240 g/mol. The second-order valence-electron chi connectivity index (χ2n) is 5.48. The molecule has 1 saturated heterocycles. The summed E-state index contributed by atoms with van der Waals surface area (Å²) in [7, 11) is 1.67. The number of rotatable bonds is 3. The summed E-state index contributed by atoms with van der Waals surface area (Å²) in [4.78, 5) is 0. The number of ether oxygens (including phenoxy) is 2. The normalized spacial score (nSPS) is 27.3. The molecule has 2 rings (SSSR count). The van der Waals surface area contributed by atoms with Gasteiger partial charge in [-0.25, -0.2) is 0 Å². The van der Waals surface area contributed by atoms with Crippen LogP contribution in [0.15, 0.2) is 12.1 Å². The van der Waals surface area contributed by atoms with Gasteiger partial charge in [0.05, 0.1) is 25.4 Å². The van der Waals surface area contributed by atoms with Crippen LogP contribution in [0.2, 0.25) is 0 Å². The maximum atomic E-state index is 11.0. The van der Waals surface area contributed by atoms with Gasteiger partial charge in [0.2, 0.25) is 0 Å². The van der Waals surface area contributed by atoms with Crippen LogP contribution in [-0.2, 0) is 10.3 Å². The van der Waals surface area contributed by atoms with Crippen LogP contribution in [0.1, 0.15) is 42.9 Å². The van der Waals surface area contributed by atoms with E-state index >= 15 is 0 Å². The molecule has 0 amide bonds. The van der Waals surface area contributed by atoms with Crippen LogP contribution in [0.3, 0.4) is 0 Å². The van der Waals surface area contributed by atoms with Gasteiger partial charge in [-0.05, 0) is 31.4 Å². The third kappa shape index (κ3) is 2.63. The predicted octanol–water partition coefficient (Wildman–Crippen LogP) is 3.09. The van der Waals surface area contributed by atoms with Gasteiger partial charge in [-0.3, -0.25) is 0 Å². The van der Waals surface area contributed by atoms with Crippen molar-refractivity contribution >= 4 is 0 Å². The lowest BCUT2D eigenvalue weighted by atomic mass is 9.81. The highest BCUT2D eigenvalue weighted by molar-refractivity contribution is 5.48. The Morgan fingerprint density at radius 2 is 2.16 bits per heavy atom. The van der Waals surface area contributed by atoms with Crippen LogP contribution in [0.25, 0.3) is 0 Å². The van der Waals surface area contributed by atoms with Gasteiger partial charge in [-0.1, -0.05) is 19.1 Å². The van der Waals surface area contributed by atoms with Crippen LogP contribution in [0, 0.1) is 13.8 Å². The van der Waals surface area contributed by atoms with Crippen molar-refractivity contribution in [2.75, 3.05) is 13.7 Å². The number of hydrogen-bond acceptors (Lipinski definition) is 3. The summed E-state index contributed by atoms with van der Waals surface area (Å²) in [5.41, 5.74) is 2.36. The number of benzene rings is 1. The van der Waals surface area contributed by atoms with E-state index in [1.807, 2.05) is 13.0 Å². The summed E-state index contributed by atoms with van der Waals surface area (Å²) in [6, 6.07) is 4.06. The number of methoxy groups -OCH3 is 1. The molecule has 1 N–H and O–H groups in total. The number of aliphatic hydroxyl groups is 1. The fraction of sp³-hybridized carbons (Fsp3) is 0.625. The van der Waals surface area contributed by atoms with Crippen LogP contribution >= 0.6 is 0 Å². The lowest BCUT2D eigenvalue weighted by molar-refractivity contribution is -0.109. The molecule has 106 valence electrons. The van der Waals surface area contributed by atoms with Crippen molar-refractivity contribution in [1.29, 1.82) is 0 Å². The molecule has 0 bridgehead atoms. The zero-order valence-corrected chi connectivity index (χ0v) is 12.3. The summed E-state index contributed by atoms with van der Waals surface area (Å²) in [5.74, 6) is 0.819.